The van der Waals surface area contributed by atoms with Crippen molar-refractivity contribution >= 4 is 11.9 Å². The highest BCUT2D eigenvalue weighted by atomic mass is 16.5. The number of aromatic nitrogens is 2. The molecule has 0 radical (unpaired) electrons. The number of esters is 1. The molecule has 1 amide bonds. The maximum atomic E-state index is 12.2. The zero-order valence-electron chi connectivity index (χ0n) is 12.3. The first-order valence-electron chi connectivity index (χ1n) is 6.64. The minimum absolute atomic E-state index is 0.0613. The van der Waals surface area contributed by atoms with Crippen LogP contribution in [0.3, 0.4) is 0 Å². The van der Waals surface area contributed by atoms with E-state index in [9.17, 15) is 14.7 Å². The third-order valence-corrected chi connectivity index (χ3v) is 3.26. The van der Waals surface area contributed by atoms with Crippen LogP contribution in [-0.2, 0) is 23.0 Å². The van der Waals surface area contributed by atoms with Crippen molar-refractivity contribution in [2.24, 2.45) is 7.05 Å². The smallest absolute Gasteiger partial charge is 0.328 e. The molecule has 0 fully saturated rings. The van der Waals surface area contributed by atoms with Crippen molar-refractivity contribution in [3.63, 3.8) is 0 Å². The van der Waals surface area contributed by atoms with Crippen LogP contribution in [0.25, 0.3) is 0 Å². The molecule has 1 atom stereocenters. The molecule has 2 aromatic rings. The fourth-order valence-electron chi connectivity index (χ4n) is 2.05. The van der Waals surface area contributed by atoms with Crippen molar-refractivity contribution in [3.05, 3.63) is 48.0 Å². The Bertz CT molecular complexity index is 681. The summed E-state index contributed by atoms with van der Waals surface area (Å²) in [4.78, 5) is 27.9. The molecule has 0 aliphatic heterocycles. The molecule has 1 heterocycles. The highest BCUT2D eigenvalue weighted by Gasteiger charge is 2.24. The number of carbonyl (C=O) groups excluding carboxylic acids is 2. The van der Waals surface area contributed by atoms with Crippen molar-refractivity contribution in [2.45, 2.75) is 12.5 Å². The van der Waals surface area contributed by atoms with Crippen molar-refractivity contribution in [3.8, 4) is 5.75 Å². The number of nitrogens with zero attached hydrogens (tertiary/aromatic N) is 2. The number of amides is 1. The molecule has 2 N–H and O–H groups in total. The number of para-hydroxylation sites is 1. The monoisotopic (exact) mass is 303 g/mol. The average Bonchev–Trinajstić information content (AvgIpc) is 2.94. The number of methoxy groups -OCH3 is 1. The maximum Gasteiger partial charge on any atom is 0.328 e. The van der Waals surface area contributed by atoms with Crippen LogP contribution in [0.1, 0.15) is 16.1 Å². The Morgan fingerprint density at radius 1 is 1.41 bits per heavy atom. The quantitative estimate of drug-likeness (QED) is 0.791. The Morgan fingerprint density at radius 2 is 2.14 bits per heavy atom. The number of imidazole rings is 1. The second-order valence-corrected chi connectivity index (χ2v) is 4.77. The van der Waals surface area contributed by atoms with Gasteiger partial charge in [-0.25, -0.2) is 9.78 Å². The second-order valence-electron chi connectivity index (χ2n) is 4.77. The minimum atomic E-state index is -0.902. The summed E-state index contributed by atoms with van der Waals surface area (Å²) in [6.07, 6.45) is 3.03. The first kappa shape index (κ1) is 15.6. The molecule has 116 valence electrons. The number of hydrogen-bond acceptors (Lipinski definition) is 5. The lowest BCUT2D eigenvalue weighted by Crippen LogP contribution is -2.43. The number of nitrogens with one attached hydrogen (secondary N) is 1. The molecule has 0 saturated heterocycles. The molecule has 0 spiro atoms. The van der Waals surface area contributed by atoms with E-state index in [1.165, 1.54) is 25.7 Å². The average molecular weight is 303 g/mol. The molecule has 0 saturated carbocycles. The number of hydrogen-bond donors (Lipinski definition) is 2. The summed E-state index contributed by atoms with van der Waals surface area (Å²) >= 11 is 0. The summed E-state index contributed by atoms with van der Waals surface area (Å²) in [5.41, 5.74) is 0.870. The fraction of sp³-hybridized carbons (Fsp3) is 0.267. The molecule has 22 heavy (non-hydrogen) atoms. The van der Waals surface area contributed by atoms with Crippen molar-refractivity contribution < 1.29 is 19.4 Å². The topological polar surface area (TPSA) is 93.4 Å². The van der Waals surface area contributed by atoms with Gasteiger partial charge in [-0.1, -0.05) is 18.2 Å². The number of aromatic hydroxyl groups is 1. The lowest BCUT2D eigenvalue weighted by atomic mass is 10.0. The van der Waals surface area contributed by atoms with Crippen LogP contribution in [0, 0.1) is 0 Å². The number of rotatable bonds is 5. The highest BCUT2D eigenvalue weighted by Crippen LogP contribution is 2.18. The van der Waals surface area contributed by atoms with E-state index in [1.54, 1.807) is 29.8 Å². The zero-order valence-corrected chi connectivity index (χ0v) is 12.3. The predicted molar refractivity (Wildman–Crippen MR) is 78.3 cm³/mol. The molecule has 7 nitrogen and oxygen atoms in total. The van der Waals surface area contributed by atoms with Gasteiger partial charge in [0.15, 0.2) is 0 Å². The summed E-state index contributed by atoms with van der Waals surface area (Å²) in [5, 5.41) is 12.4. The highest BCUT2D eigenvalue weighted by molar-refractivity contribution is 5.95. The molecule has 7 heteroatoms. The van der Waals surface area contributed by atoms with Gasteiger partial charge in [-0.3, -0.25) is 4.79 Å². The summed E-state index contributed by atoms with van der Waals surface area (Å²) in [6.45, 7) is 0. The molecule has 0 aliphatic rings. The second kappa shape index (κ2) is 6.75. The number of phenols is 1. The van der Waals surface area contributed by atoms with E-state index in [-0.39, 0.29) is 12.2 Å². The van der Waals surface area contributed by atoms with Crippen LogP contribution in [0.5, 0.6) is 5.75 Å². The molecular formula is C15H17N3O4. The molecular weight excluding hydrogens is 286 g/mol. The lowest BCUT2D eigenvalue weighted by molar-refractivity contribution is -0.142. The SMILES string of the molecule is COC(=O)C(Cc1ccccc1O)NC(=O)c1cncn1C. The van der Waals surface area contributed by atoms with Crippen molar-refractivity contribution in [1.29, 1.82) is 0 Å². The third kappa shape index (κ3) is 3.43. The molecule has 0 aliphatic carbocycles. The number of phenolic OH excluding ortho intramolecular Hbond substituents is 1. The largest absolute Gasteiger partial charge is 0.508 e. The van der Waals surface area contributed by atoms with Gasteiger partial charge in [-0.15, -0.1) is 0 Å². The normalized spacial score (nSPS) is 11.7. The molecule has 1 aromatic heterocycles. The van der Waals surface area contributed by atoms with Crippen LogP contribution in [-0.4, -0.2) is 39.7 Å². The summed E-state index contributed by atoms with van der Waals surface area (Å²) in [7, 11) is 2.93. The van der Waals surface area contributed by atoms with Crippen LogP contribution in [0.4, 0.5) is 0 Å². The lowest BCUT2D eigenvalue weighted by Gasteiger charge is -2.17. The first-order valence-corrected chi connectivity index (χ1v) is 6.64. The Morgan fingerprint density at radius 3 is 2.73 bits per heavy atom. The Kier molecular flexibility index (Phi) is 4.77. The summed E-state index contributed by atoms with van der Waals surface area (Å²) < 4.78 is 6.26. The number of carbonyl (C=O) groups is 2. The molecule has 1 unspecified atom stereocenters. The van der Waals surface area contributed by atoms with Crippen LogP contribution >= 0.6 is 0 Å². The van der Waals surface area contributed by atoms with Gasteiger partial charge < -0.3 is 19.7 Å². The molecule has 2 rings (SSSR count). The van der Waals surface area contributed by atoms with Crippen LogP contribution < -0.4 is 5.32 Å². The van der Waals surface area contributed by atoms with E-state index in [4.69, 9.17) is 4.74 Å². The molecule has 1 aromatic carbocycles. The third-order valence-electron chi connectivity index (χ3n) is 3.26. The van der Waals surface area contributed by atoms with E-state index in [1.807, 2.05) is 0 Å². The maximum absolute atomic E-state index is 12.2. The number of ether oxygens (including phenoxy) is 1. The van der Waals surface area contributed by atoms with E-state index in [2.05, 4.69) is 10.3 Å². The first-order chi connectivity index (χ1) is 10.5. The van der Waals surface area contributed by atoms with Gasteiger partial charge in [-0.05, 0) is 11.6 Å². The van der Waals surface area contributed by atoms with Crippen molar-refractivity contribution in [2.75, 3.05) is 7.11 Å². The minimum Gasteiger partial charge on any atom is -0.508 e. The number of aryl methyl sites for hydroxylation is 1. The standard InChI is InChI=1S/C15H17N3O4/c1-18-9-16-8-12(18)14(20)17-11(15(21)22-2)7-10-5-3-4-6-13(10)19/h3-6,8-9,11,19H,7H2,1-2H3,(H,17,20). The van der Waals surface area contributed by atoms with E-state index >= 15 is 0 Å². The molecule has 0 bridgehead atoms. The Labute approximate surface area is 127 Å². The van der Waals surface area contributed by atoms with E-state index in [0.29, 0.717) is 11.3 Å². The van der Waals surface area contributed by atoms with E-state index < -0.39 is 17.9 Å². The Hall–Kier alpha value is -2.83. The fourth-order valence-corrected chi connectivity index (χ4v) is 2.05. The predicted octanol–water partition coefficient (Wildman–Crippen LogP) is 0.640. The van der Waals surface area contributed by atoms with Crippen LogP contribution in [0.15, 0.2) is 36.8 Å². The summed E-state index contributed by atoms with van der Waals surface area (Å²) in [5.74, 6) is -0.962. The van der Waals surface area contributed by atoms with Gasteiger partial charge >= 0.3 is 5.97 Å². The van der Waals surface area contributed by atoms with E-state index in [0.717, 1.165) is 0 Å². The van der Waals surface area contributed by atoms with Gasteiger partial charge in [0.2, 0.25) is 0 Å². The van der Waals surface area contributed by atoms with Crippen LogP contribution in [0.2, 0.25) is 0 Å². The Balaban J connectivity index is 2.17. The van der Waals surface area contributed by atoms with Gasteiger partial charge in [0.1, 0.15) is 17.5 Å². The van der Waals surface area contributed by atoms with Gasteiger partial charge in [-0.2, -0.15) is 0 Å². The van der Waals surface area contributed by atoms with Crippen molar-refractivity contribution in [1.82, 2.24) is 14.9 Å². The van der Waals surface area contributed by atoms with Gasteiger partial charge in [0.25, 0.3) is 5.91 Å². The van der Waals surface area contributed by atoms with Gasteiger partial charge in [0.05, 0.1) is 19.6 Å². The number of benzene rings is 1. The summed E-state index contributed by atoms with van der Waals surface area (Å²) in [6, 6.07) is 5.72. The zero-order chi connectivity index (χ0) is 16.1. The van der Waals surface area contributed by atoms with Gasteiger partial charge in [0, 0.05) is 13.5 Å².